The van der Waals surface area contributed by atoms with Crippen molar-refractivity contribution in [1.29, 1.82) is 0 Å². The smallest absolute Gasteiger partial charge is 0.234 e. The van der Waals surface area contributed by atoms with Crippen LogP contribution in [-0.4, -0.2) is 54.5 Å². The second-order valence-electron chi connectivity index (χ2n) is 7.83. The number of nitrogens with one attached hydrogen (secondary N) is 1. The van der Waals surface area contributed by atoms with E-state index in [1.54, 1.807) is 0 Å². The van der Waals surface area contributed by atoms with E-state index >= 15 is 0 Å². The number of rotatable bonds is 5. The molecule has 3 N–H and O–H groups in total. The number of nitrogen functional groups attached to an aromatic ring is 1. The summed E-state index contributed by atoms with van der Waals surface area (Å²) in [6.45, 7) is 7.68. The molecule has 0 radical (unpaired) electrons. The van der Waals surface area contributed by atoms with Crippen molar-refractivity contribution < 1.29 is 4.79 Å². The lowest BCUT2D eigenvalue weighted by molar-refractivity contribution is -0.123. The van der Waals surface area contributed by atoms with E-state index in [0.717, 1.165) is 57.2 Å². The van der Waals surface area contributed by atoms with Gasteiger partial charge in [0, 0.05) is 44.5 Å². The van der Waals surface area contributed by atoms with E-state index in [1.807, 2.05) is 18.2 Å². The summed E-state index contributed by atoms with van der Waals surface area (Å²) >= 11 is 0. The van der Waals surface area contributed by atoms with Gasteiger partial charge in [0.25, 0.3) is 0 Å². The normalized spacial score (nSPS) is 23.7. The number of hydrogen-bond acceptors (Lipinski definition) is 4. The third kappa shape index (κ3) is 7.86. The fourth-order valence-corrected chi connectivity index (χ4v) is 4.10. The van der Waals surface area contributed by atoms with Crippen LogP contribution in [0.15, 0.2) is 24.3 Å². The Hall–Kier alpha value is -1.01. The third-order valence-corrected chi connectivity index (χ3v) is 5.49. The van der Waals surface area contributed by atoms with Crippen LogP contribution in [0, 0.1) is 5.92 Å². The molecule has 1 saturated heterocycles. The molecule has 2 atom stereocenters. The van der Waals surface area contributed by atoms with Crippen molar-refractivity contribution >= 4 is 36.4 Å². The van der Waals surface area contributed by atoms with E-state index < -0.39 is 0 Å². The van der Waals surface area contributed by atoms with Crippen molar-refractivity contribution in [3.8, 4) is 0 Å². The highest BCUT2D eigenvalue weighted by Gasteiger charge is 2.23. The minimum absolute atomic E-state index is 0. The summed E-state index contributed by atoms with van der Waals surface area (Å²) < 4.78 is 0. The number of halogens is 2. The van der Waals surface area contributed by atoms with Gasteiger partial charge in [0.1, 0.15) is 0 Å². The highest BCUT2D eigenvalue weighted by molar-refractivity contribution is 5.85. The minimum Gasteiger partial charge on any atom is -0.399 e. The maximum absolute atomic E-state index is 12.3. The molecule has 2 unspecified atom stereocenters. The van der Waals surface area contributed by atoms with Crippen LogP contribution in [0.3, 0.4) is 0 Å². The van der Waals surface area contributed by atoms with Crippen LogP contribution < -0.4 is 11.1 Å². The Kier molecular flexibility index (Phi) is 10.5. The molecule has 7 heteroatoms. The number of carbonyl (C=O) groups excluding carboxylic acids is 1. The second-order valence-corrected chi connectivity index (χ2v) is 7.83. The first kappa shape index (κ1) is 24.0. The number of anilines is 1. The van der Waals surface area contributed by atoms with Crippen LogP contribution in [0.1, 0.15) is 38.2 Å². The van der Waals surface area contributed by atoms with E-state index in [-0.39, 0.29) is 30.7 Å². The maximum Gasteiger partial charge on any atom is 0.234 e. The van der Waals surface area contributed by atoms with E-state index in [0.29, 0.717) is 12.6 Å². The fraction of sp³-hybridized carbons (Fsp3) is 0.650. The number of benzene rings is 1. The summed E-state index contributed by atoms with van der Waals surface area (Å²) in [7, 11) is 0. The van der Waals surface area contributed by atoms with Crippen molar-refractivity contribution in [1.82, 2.24) is 15.1 Å². The molecule has 27 heavy (non-hydrogen) atoms. The molecular formula is C20H34Cl2N4O. The Bertz CT molecular complexity index is 579. The Morgan fingerprint density at radius 1 is 1.15 bits per heavy atom. The van der Waals surface area contributed by atoms with E-state index in [4.69, 9.17) is 5.73 Å². The van der Waals surface area contributed by atoms with Crippen LogP contribution >= 0.6 is 24.8 Å². The highest BCUT2D eigenvalue weighted by Crippen LogP contribution is 2.23. The zero-order valence-corrected chi connectivity index (χ0v) is 17.9. The Morgan fingerprint density at radius 3 is 2.52 bits per heavy atom. The first-order chi connectivity index (χ1) is 12.1. The van der Waals surface area contributed by atoms with Gasteiger partial charge < -0.3 is 11.1 Å². The van der Waals surface area contributed by atoms with Gasteiger partial charge in [-0.2, -0.15) is 0 Å². The number of hydrogen-bond donors (Lipinski definition) is 2. The van der Waals surface area contributed by atoms with Crippen LogP contribution in [0.4, 0.5) is 5.69 Å². The molecular weight excluding hydrogens is 383 g/mol. The molecule has 3 rings (SSSR count). The zero-order valence-electron chi connectivity index (χ0n) is 16.2. The first-order valence-corrected chi connectivity index (χ1v) is 9.67. The predicted molar refractivity (Wildman–Crippen MR) is 117 cm³/mol. The average Bonchev–Trinajstić information content (AvgIpc) is 2.57. The molecule has 5 nitrogen and oxygen atoms in total. The standard InChI is InChI=1S/C20H32N4O.2ClH/c1-16-4-2-7-19(12-16)22-20(25)15-24-10-8-23(9-11-24)14-17-5-3-6-18(21)13-17;;/h3,5-6,13,16,19H,2,4,7-12,14-15,21H2,1H3,(H,22,25);2*1H. The maximum atomic E-state index is 12.3. The van der Waals surface area contributed by atoms with Gasteiger partial charge in [-0.25, -0.2) is 0 Å². The predicted octanol–water partition coefficient (Wildman–Crippen LogP) is 2.92. The van der Waals surface area contributed by atoms with Gasteiger partial charge in [-0.1, -0.05) is 31.9 Å². The van der Waals surface area contributed by atoms with Crippen molar-refractivity contribution in [3.05, 3.63) is 29.8 Å². The Labute approximate surface area is 175 Å². The van der Waals surface area contributed by atoms with Gasteiger partial charge in [-0.3, -0.25) is 14.6 Å². The fourth-order valence-electron chi connectivity index (χ4n) is 4.10. The van der Waals surface area contributed by atoms with Crippen molar-refractivity contribution in [3.63, 3.8) is 0 Å². The summed E-state index contributed by atoms with van der Waals surface area (Å²) in [6, 6.07) is 8.50. The number of carbonyl (C=O) groups is 1. The number of amides is 1. The van der Waals surface area contributed by atoms with Crippen molar-refractivity contribution in [2.45, 2.75) is 45.2 Å². The van der Waals surface area contributed by atoms with Gasteiger partial charge in [-0.15, -0.1) is 24.8 Å². The van der Waals surface area contributed by atoms with Crippen LogP contribution in [0.25, 0.3) is 0 Å². The highest BCUT2D eigenvalue weighted by atomic mass is 35.5. The molecule has 0 bridgehead atoms. The lowest BCUT2D eigenvalue weighted by Gasteiger charge is -2.35. The molecule has 2 fully saturated rings. The number of nitrogens with two attached hydrogens (primary N) is 1. The second kappa shape index (κ2) is 11.7. The van der Waals surface area contributed by atoms with Gasteiger partial charge in [0.05, 0.1) is 6.54 Å². The average molecular weight is 417 g/mol. The molecule has 0 spiro atoms. The molecule has 2 aliphatic rings. The monoisotopic (exact) mass is 416 g/mol. The molecule has 1 aromatic rings. The molecule has 1 aliphatic carbocycles. The van der Waals surface area contributed by atoms with Crippen molar-refractivity contribution in [2.75, 3.05) is 38.5 Å². The first-order valence-electron chi connectivity index (χ1n) is 9.67. The quantitative estimate of drug-likeness (QED) is 0.724. The van der Waals surface area contributed by atoms with Gasteiger partial charge >= 0.3 is 0 Å². The molecule has 154 valence electrons. The molecule has 1 saturated carbocycles. The SMILES string of the molecule is CC1CCCC(NC(=O)CN2CCN(Cc3cccc(N)c3)CC2)C1.Cl.Cl. The minimum atomic E-state index is 0. The number of piperazine rings is 1. The Morgan fingerprint density at radius 2 is 1.85 bits per heavy atom. The molecule has 1 amide bonds. The molecule has 1 aromatic carbocycles. The van der Waals surface area contributed by atoms with Gasteiger partial charge in [-0.05, 0) is 36.5 Å². The summed E-state index contributed by atoms with van der Waals surface area (Å²) in [5.41, 5.74) is 7.94. The van der Waals surface area contributed by atoms with Crippen LogP contribution in [0.5, 0.6) is 0 Å². The molecule has 1 heterocycles. The summed E-state index contributed by atoms with van der Waals surface area (Å²) in [6.07, 6.45) is 4.83. The lowest BCUT2D eigenvalue weighted by atomic mass is 9.87. The van der Waals surface area contributed by atoms with Gasteiger partial charge in [0.2, 0.25) is 5.91 Å². The third-order valence-electron chi connectivity index (χ3n) is 5.49. The largest absolute Gasteiger partial charge is 0.399 e. The summed E-state index contributed by atoms with van der Waals surface area (Å²) in [4.78, 5) is 17.0. The molecule has 1 aliphatic heterocycles. The molecule has 0 aromatic heterocycles. The van der Waals surface area contributed by atoms with Crippen LogP contribution in [0.2, 0.25) is 0 Å². The Balaban J connectivity index is 0.00000182. The lowest BCUT2D eigenvalue weighted by Crippen LogP contribution is -2.50. The van der Waals surface area contributed by atoms with Gasteiger partial charge in [0.15, 0.2) is 0 Å². The number of nitrogens with zero attached hydrogens (tertiary/aromatic N) is 2. The summed E-state index contributed by atoms with van der Waals surface area (Å²) in [5, 5.41) is 3.25. The van der Waals surface area contributed by atoms with Crippen LogP contribution in [-0.2, 0) is 11.3 Å². The van der Waals surface area contributed by atoms with E-state index in [9.17, 15) is 4.79 Å². The van der Waals surface area contributed by atoms with E-state index in [2.05, 4.69) is 28.1 Å². The summed E-state index contributed by atoms with van der Waals surface area (Å²) in [5.74, 6) is 0.943. The van der Waals surface area contributed by atoms with E-state index in [1.165, 1.54) is 18.4 Å². The topological polar surface area (TPSA) is 61.6 Å². The zero-order chi connectivity index (χ0) is 17.6. The van der Waals surface area contributed by atoms with Crippen molar-refractivity contribution in [2.24, 2.45) is 5.92 Å².